The van der Waals surface area contributed by atoms with Crippen LogP contribution in [0.2, 0.25) is 0 Å². The van der Waals surface area contributed by atoms with Gasteiger partial charge in [0.05, 0.1) is 0 Å². The lowest BCUT2D eigenvalue weighted by Gasteiger charge is -2.21. The molecule has 3 rings (SSSR count). The van der Waals surface area contributed by atoms with Crippen molar-refractivity contribution in [1.82, 2.24) is 10.2 Å². The molecule has 0 spiro atoms. The fourth-order valence-corrected chi connectivity index (χ4v) is 3.25. The highest BCUT2D eigenvalue weighted by atomic mass is 19.1. The number of aliphatic hydroxyl groups is 1. The van der Waals surface area contributed by atoms with Crippen molar-refractivity contribution in [2.24, 2.45) is 0 Å². The molecule has 4 nitrogen and oxygen atoms in total. The second-order valence-corrected chi connectivity index (χ2v) is 7.49. The highest BCUT2D eigenvalue weighted by molar-refractivity contribution is 5.27. The van der Waals surface area contributed by atoms with Gasteiger partial charge < -0.3 is 15.2 Å². The molecule has 3 aromatic rings. The van der Waals surface area contributed by atoms with E-state index in [1.165, 1.54) is 11.6 Å². The van der Waals surface area contributed by atoms with Gasteiger partial charge in [-0.15, -0.1) is 0 Å². The molecule has 1 atom stereocenters. The van der Waals surface area contributed by atoms with Gasteiger partial charge in [0.25, 0.3) is 0 Å². The normalized spacial score (nSPS) is 12.1. The molecule has 0 fully saturated rings. The molecule has 0 heterocycles. The summed E-state index contributed by atoms with van der Waals surface area (Å²) in [4.78, 5) is 2.08. The number of rotatable bonds is 11. The Kier molecular flexibility index (Phi) is 8.39. The van der Waals surface area contributed by atoms with E-state index >= 15 is 0 Å². The van der Waals surface area contributed by atoms with Crippen LogP contribution >= 0.6 is 0 Å². The van der Waals surface area contributed by atoms with E-state index < -0.39 is 6.10 Å². The molecule has 0 saturated carbocycles. The van der Waals surface area contributed by atoms with E-state index in [2.05, 4.69) is 22.3 Å². The third-order valence-electron chi connectivity index (χ3n) is 4.79. The third kappa shape index (κ3) is 7.26. The van der Waals surface area contributed by atoms with Crippen molar-refractivity contribution in [3.63, 3.8) is 0 Å². The van der Waals surface area contributed by atoms with Crippen LogP contribution in [0.5, 0.6) is 5.75 Å². The third-order valence-corrected chi connectivity index (χ3v) is 4.79. The summed E-state index contributed by atoms with van der Waals surface area (Å²) in [5, 5.41) is 13.5. The van der Waals surface area contributed by atoms with Gasteiger partial charge in [-0.3, -0.25) is 4.90 Å². The van der Waals surface area contributed by atoms with Gasteiger partial charge in [0.2, 0.25) is 0 Å². The Morgan fingerprint density at radius 3 is 2.33 bits per heavy atom. The van der Waals surface area contributed by atoms with E-state index in [9.17, 15) is 9.50 Å². The Bertz CT molecular complexity index is 887. The molecule has 0 amide bonds. The van der Waals surface area contributed by atoms with Crippen LogP contribution in [0.25, 0.3) is 0 Å². The molecule has 30 heavy (non-hydrogen) atoms. The number of hydrogen-bond donors (Lipinski definition) is 2. The van der Waals surface area contributed by atoms with Crippen LogP contribution < -0.4 is 10.1 Å². The van der Waals surface area contributed by atoms with Crippen molar-refractivity contribution in [3.05, 3.63) is 101 Å². The van der Waals surface area contributed by atoms with Crippen molar-refractivity contribution >= 4 is 0 Å². The van der Waals surface area contributed by atoms with Gasteiger partial charge in [-0.2, -0.15) is 0 Å². The summed E-state index contributed by atoms with van der Waals surface area (Å²) in [6, 6.07) is 24.7. The maximum Gasteiger partial charge on any atom is 0.127 e. The molecule has 0 aliphatic heterocycles. The number of aliphatic hydroxyl groups excluding tert-OH is 1. The van der Waals surface area contributed by atoms with Crippen molar-refractivity contribution in [3.8, 4) is 5.75 Å². The van der Waals surface area contributed by atoms with Crippen LogP contribution in [0.1, 0.15) is 16.7 Å². The predicted molar refractivity (Wildman–Crippen MR) is 118 cm³/mol. The molecular formula is C25H29FN2O2. The zero-order valence-electron chi connectivity index (χ0n) is 17.3. The minimum absolute atomic E-state index is 0.193. The molecule has 0 bridgehead atoms. The number of benzene rings is 3. The van der Waals surface area contributed by atoms with E-state index in [-0.39, 0.29) is 12.4 Å². The zero-order valence-corrected chi connectivity index (χ0v) is 17.3. The van der Waals surface area contributed by atoms with Crippen LogP contribution in [0.4, 0.5) is 4.39 Å². The maximum atomic E-state index is 13.6. The molecule has 5 heteroatoms. The van der Waals surface area contributed by atoms with E-state index in [4.69, 9.17) is 4.74 Å². The zero-order chi connectivity index (χ0) is 21.2. The monoisotopic (exact) mass is 408 g/mol. The molecule has 0 unspecified atom stereocenters. The smallest absolute Gasteiger partial charge is 0.127 e. The molecule has 0 aliphatic carbocycles. The van der Waals surface area contributed by atoms with Crippen molar-refractivity contribution in [2.75, 3.05) is 20.2 Å². The van der Waals surface area contributed by atoms with Gasteiger partial charge in [0.15, 0.2) is 0 Å². The van der Waals surface area contributed by atoms with Gasteiger partial charge in [-0.1, -0.05) is 60.7 Å². The minimum atomic E-state index is -0.569. The topological polar surface area (TPSA) is 44.7 Å². The van der Waals surface area contributed by atoms with Crippen LogP contribution in [-0.4, -0.2) is 36.3 Å². The second kappa shape index (κ2) is 11.5. The van der Waals surface area contributed by atoms with Crippen LogP contribution in [0.15, 0.2) is 78.9 Å². The first kappa shape index (κ1) is 22.0. The van der Waals surface area contributed by atoms with Crippen molar-refractivity contribution < 1.29 is 14.2 Å². The lowest BCUT2D eigenvalue weighted by molar-refractivity contribution is 0.0744. The molecule has 0 radical (unpaired) electrons. The molecule has 158 valence electrons. The molecule has 3 aromatic carbocycles. The van der Waals surface area contributed by atoms with Gasteiger partial charge in [-0.25, -0.2) is 4.39 Å². The number of halogens is 1. The number of ether oxygens (including phenoxy) is 1. The largest absolute Gasteiger partial charge is 0.491 e. The SMILES string of the molecule is CN(Cc1ccccc1)C[C@H](O)COc1ccc(CNCc2ccccc2F)cc1. The Morgan fingerprint density at radius 1 is 0.900 bits per heavy atom. The number of nitrogens with zero attached hydrogens (tertiary/aromatic N) is 1. The molecular weight excluding hydrogens is 379 g/mol. The summed E-state index contributed by atoms with van der Waals surface area (Å²) >= 11 is 0. The second-order valence-electron chi connectivity index (χ2n) is 7.49. The Hall–Kier alpha value is -2.73. The summed E-state index contributed by atoms with van der Waals surface area (Å²) < 4.78 is 19.3. The average Bonchev–Trinajstić information content (AvgIpc) is 2.75. The van der Waals surface area contributed by atoms with E-state index in [0.29, 0.717) is 25.2 Å². The predicted octanol–water partition coefficient (Wildman–Crippen LogP) is 3.99. The number of hydrogen-bond acceptors (Lipinski definition) is 4. The van der Waals surface area contributed by atoms with Gasteiger partial charge >= 0.3 is 0 Å². The fourth-order valence-electron chi connectivity index (χ4n) is 3.25. The van der Waals surface area contributed by atoms with E-state index in [1.54, 1.807) is 12.1 Å². The van der Waals surface area contributed by atoms with Crippen LogP contribution in [0, 0.1) is 5.82 Å². The van der Waals surface area contributed by atoms with E-state index in [0.717, 1.165) is 17.9 Å². The minimum Gasteiger partial charge on any atom is -0.491 e. The summed E-state index contributed by atoms with van der Waals surface area (Å²) in [7, 11) is 1.99. The summed E-state index contributed by atoms with van der Waals surface area (Å²) in [6.07, 6.45) is -0.569. The van der Waals surface area contributed by atoms with Crippen molar-refractivity contribution in [1.29, 1.82) is 0 Å². The first-order chi connectivity index (χ1) is 14.6. The lowest BCUT2D eigenvalue weighted by Crippen LogP contribution is -2.32. The maximum absolute atomic E-state index is 13.6. The Morgan fingerprint density at radius 2 is 1.60 bits per heavy atom. The van der Waals surface area contributed by atoms with Crippen LogP contribution in [-0.2, 0) is 19.6 Å². The first-order valence-electron chi connectivity index (χ1n) is 10.2. The Labute approximate surface area is 177 Å². The lowest BCUT2D eigenvalue weighted by atomic mass is 10.2. The summed E-state index contributed by atoms with van der Waals surface area (Å²) in [5.41, 5.74) is 2.96. The fraction of sp³-hybridized carbons (Fsp3) is 0.280. The summed E-state index contributed by atoms with van der Waals surface area (Å²) in [5.74, 6) is 0.527. The van der Waals surface area contributed by atoms with Gasteiger partial charge in [0, 0.05) is 31.7 Å². The average molecular weight is 409 g/mol. The highest BCUT2D eigenvalue weighted by Crippen LogP contribution is 2.13. The molecule has 0 aromatic heterocycles. The summed E-state index contributed by atoms with van der Waals surface area (Å²) in [6.45, 7) is 2.68. The highest BCUT2D eigenvalue weighted by Gasteiger charge is 2.10. The Balaban J connectivity index is 1.37. The van der Waals surface area contributed by atoms with Gasteiger partial charge in [-0.05, 0) is 36.4 Å². The quantitative estimate of drug-likeness (QED) is 0.504. The van der Waals surface area contributed by atoms with E-state index in [1.807, 2.05) is 55.6 Å². The molecule has 0 aliphatic rings. The van der Waals surface area contributed by atoms with Crippen LogP contribution in [0.3, 0.4) is 0 Å². The number of likely N-dealkylation sites (N-methyl/N-ethyl adjacent to an activating group) is 1. The van der Waals surface area contributed by atoms with Gasteiger partial charge in [0.1, 0.15) is 24.3 Å². The standard InChI is InChI=1S/C25H29FN2O2/c1-28(17-21-7-3-2-4-8-21)18-23(29)19-30-24-13-11-20(12-14-24)15-27-16-22-9-5-6-10-25(22)26/h2-14,23,27,29H,15-19H2,1H3/t23-/m0/s1. The first-order valence-corrected chi connectivity index (χ1v) is 10.2. The molecule has 2 N–H and O–H groups in total. The number of nitrogens with one attached hydrogen (secondary N) is 1. The molecule has 0 saturated heterocycles. The van der Waals surface area contributed by atoms with Crippen molar-refractivity contribution in [2.45, 2.75) is 25.7 Å².